The summed E-state index contributed by atoms with van der Waals surface area (Å²) in [4.78, 5) is 14.9. The summed E-state index contributed by atoms with van der Waals surface area (Å²) in [6.07, 6.45) is -7.46. The topological polar surface area (TPSA) is 124 Å². The van der Waals surface area contributed by atoms with Crippen LogP contribution in [0.15, 0.2) is 35.5 Å². The van der Waals surface area contributed by atoms with Crippen LogP contribution in [0.4, 0.5) is 26.3 Å². The zero-order valence-electron chi connectivity index (χ0n) is 20.3. The molecule has 1 atom stereocenters. The Morgan fingerprint density at radius 2 is 1.73 bits per heavy atom. The van der Waals surface area contributed by atoms with Gasteiger partial charge in [0.05, 0.1) is 54.2 Å². The lowest BCUT2D eigenvalue weighted by Gasteiger charge is -2.13. The number of hydrogen-bond donors (Lipinski definition) is 1. The number of halogens is 8. The van der Waals surface area contributed by atoms with Crippen molar-refractivity contribution in [2.75, 3.05) is 12.3 Å². The molecule has 1 N–H and O–H groups in total. The lowest BCUT2D eigenvalue weighted by atomic mass is 10.1. The van der Waals surface area contributed by atoms with E-state index in [0.717, 1.165) is 29.2 Å². The van der Waals surface area contributed by atoms with Crippen LogP contribution in [0.2, 0.25) is 10.0 Å². The minimum absolute atomic E-state index is 0.000290. The average molecular weight is 625 g/mol. The lowest BCUT2D eigenvalue weighted by molar-refractivity contribution is -0.138. The molecular formula is C23H16Cl2F6N6O2S. The van der Waals surface area contributed by atoms with Gasteiger partial charge in [-0.1, -0.05) is 30.1 Å². The number of nitrogens with zero attached hydrogens (tertiary/aromatic N) is 5. The molecule has 0 radical (unpaired) electrons. The van der Waals surface area contributed by atoms with E-state index in [1.54, 1.807) is 19.9 Å². The summed E-state index contributed by atoms with van der Waals surface area (Å²) in [6, 6.07) is 5.58. The third-order valence-electron chi connectivity index (χ3n) is 4.91. The van der Waals surface area contributed by atoms with E-state index in [4.69, 9.17) is 33.7 Å². The fraction of sp³-hybridized carbons (Fsp3) is 0.261. The predicted octanol–water partition coefficient (Wildman–Crippen LogP) is 5.86. The molecule has 3 rings (SSSR count). The van der Waals surface area contributed by atoms with Crippen molar-refractivity contribution in [3.05, 3.63) is 68.7 Å². The van der Waals surface area contributed by atoms with Gasteiger partial charge in [-0.25, -0.2) is 4.68 Å². The summed E-state index contributed by atoms with van der Waals surface area (Å²) in [7, 11) is -1.47. The molecule has 1 unspecified atom stereocenters. The van der Waals surface area contributed by atoms with Crippen LogP contribution >= 0.6 is 23.2 Å². The second kappa shape index (κ2) is 13.1. The van der Waals surface area contributed by atoms with E-state index in [9.17, 15) is 35.3 Å². The van der Waals surface area contributed by atoms with E-state index in [2.05, 4.69) is 10.1 Å². The molecule has 0 saturated heterocycles. The monoisotopic (exact) mass is 624 g/mol. The Hall–Kier alpha value is -3.66. The first-order valence-corrected chi connectivity index (χ1v) is 12.8. The minimum Gasteiger partial charge on any atom is -0.339 e. The number of hydrogen-bond acceptors (Lipinski definition) is 6. The first-order chi connectivity index (χ1) is 18.6. The van der Waals surface area contributed by atoms with E-state index >= 15 is 0 Å². The fourth-order valence-corrected chi connectivity index (χ4v) is 4.82. The van der Waals surface area contributed by atoms with Gasteiger partial charge >= 0.3 is 12.4 Å². The average Bonchev–Trinajstić information content (AvgIpc) is 3.21. The second-order valence-corrected chi connectivity index (χ2v) is 9.96. The van der Waals surface area contributed by atoms with Crippen LogP contribution in [0.5, 0.6) is 0 Å². The van der Waals surface area contributed by atoms with E-state index in [1.807, 2.05) is 11.4 Å². The number of rotatable bonds is 5. The number of nitriles is 2. The van der Waals surface area contributed by atoms with Gasteiger partial charge in [0.2, 0.25) is 0 Å². The Morgan fingerprint density at radius 3 is 2.20 bits per heavy atom. The molecule has 8 nitrogen and oxygen atoms in total. The molecule has 0 aliphatic heterocycles. The van der Waals surface area contributed by atoms with Crippen molar-refractivity contribution in [1.82, 2.24) is 20.1 Å². The fourth-order valence-electron chi connectivity index (χ4n) is 3.16. The standard InChI is InChI=1S/C14H10Cl2F3N3OS.C9H6F3N3O/c1-3-24(23)13-7(2)22(21-11(13)6-20)12-9(15)4-8(5-10(12)16)14(17,18)19;10-9(11,12)7-1-3-14-5-6(7)8(16)15-4-2-13/h4-5H,3H2,1-2H3;1,3,5H,4H2,(H,15,16). The maximum Gasteiger partial charge on any atom is 0.417 e. The molecule has 0 saturated carbocycles. The zero-order valence-corrected chi connectivity index (χ0v) is 22.6. The molecule has 0 aliphatic carbocycles. The maximum absolute atomic E-state index is 12.8. The summed E-state index contributed by atoms with van der Waals surface area (Å²) in [5.74, 6) is -0.711. The molecule has 2 heterocycles. The summed E-state index contributed by atoms with van der Waals surface area (Å²) in [5.41, 5.74) is -2.41. The molecule has 0 spiro atoms. The second-order valence-electron chi connectivity index (χ2n) is 7.47. The van der Waals surface area contributed by atoms with Gasteiger partial charge in [0.25, 0.3) is 5.91 Å². The number of aromatic nitrogens is 3. The number of benzene rings is 1. The first-order valence-electron chi connectivity index (χ1n) is 10.7. The van der Waals surface area contributed by atoms with Gasteiger partial charge in [-0.3, -0.25) is 14.0 Å². The molecular weight excluding hydrogens is 609 g/mol. The molecule has 17 heteroatoms. The van der Waals surface area contributed by atoms with Crippen LogP contribution in [0, 0.1) is 29.6 Å². The molecule has 2 aromatic heterocycles. The third-order valence-corrected chi connectivity index (χ3v) is 6.96. The summed E-state index contributed by atoms with van der Waals surface area (Å²) >= 11 is 11.9. The number of alkyl halides is 6. The molecule has 0 fully saturated rings. The summed E-state index contributed by atoms with van der Waals surface area (Å²) < 4.78 is 89.1. The highest BCUT2D eigenvalue weighted by Crippen LogP contribution is 2.38. The number of nitrogens with one attached hydrogen (secondary N) is 1. The summed E-state index contributed by atoms with van der Waals surface area (Å²) in [5, 5.41) is 22.8. The Bertz CT molecular complexity index is 1500. The van der Waals surface area contributed by atoms with Crippen molar-refractivity contribution in [1.29, 1.82) is 10.5 Å². The molecule has 212 valence electrons. The van der Waals surface area contributed by atoms with Crippen LogP contribution in [0.3, 0.4) is 0 Å². The molecule has 0 bridgehead atoms. The van der Waals surface area contributed by atoms with Crippen LogP contribution < -0.4 is 5.32 Å². The SMILES string of the molecule is CCS(=O)c1c(C#N)nn(-c2c(Cl)cc(C(F)(F)F)cc2Cl)c1C.N#CCNC(=O)c1cnccc1C(F)(F)F. The number of amides is 1. The highest BCUT2D eigenvalue weighted by molar-refractivity contribution is 7.85. The van der Waals surface area contributed by atoms with Gasteiger partial charge < -0.3 is 5.32 Å². The highest BCUT2D eigenvalue weighted by atomic mass is 35.5. The first kappa shape index (κ1) is 32.6. The number of carbonyl (C=O) groups excluding carboxylic acids is 1. The molecule has 3 aromatic rings. The Morgan fingerprint density at radius 1 is 1.12 bits per heavy atom. The van der Waals surface area contributed by atoms with Gasteiger partial charge in [-0.2, -0.15) is 42.0 Å². The highest BCUT2D eigenvalue weighted by Gasteiger charge is 2.35. The smallest absolute Gasteiger partial charge is 0.339 e. The van der Waals surface area contributed by atoms with Crippen LogP contribution in [0.1, 0.15) is 39.8 Å². The Balaban J connectivity index is 0.000000305. The molecule has 1 amide bonds. The molecule has 0 aliphatic rings. The quantitative estimate of drug-likeness (QED) is 0.280. The minimum atomic E-state index is -4.62. The number of carbonyl (C=O) groups is 1. The van der Waals surface area contributed by atoms with Crippen LogP contribution in [0.25, 0.3) is 5.69 Å². The van der Waals surface area contributed by atoms with Crippen molar-refractivity contribution in [2.45, 2.75) is 31.1 Å². The van der Waals surface area contributed by atoms with Gasteiger partial charge in [0.1, 0.15) is 18.3 Å². The Kier molecular flexibility index (Phi) is 10.7. The van der Waals surface area contributed by atoms with Crippen LogP contribution in [-0.2, 0) is 23.2 Å². The van der Waals surface area contributed by atoms with Gasteiger partial charge in [-0.15, -0.1) is 0 Å². The predicted molar refractivity (Wildman–Crippen MR) is 132 cm³/mol. The van der Waals surface area contributed by atoms with E-state index in [-0.39, 0.29) is 38.6 Å². The number of pyridine rings is 1. The summed E-state index contributed by atoms with van der Waals surface area (Å²) in [6.45, 7) is 2.86. The largest absolute Gasteiger partial charge is 0.417 e. The third kappa shape index (κ3) is 7.50. The van der Waals surface area contributed by atoms with Crippen molar-refractivity contribution >= 4 is 39.9 Å². The maximum atomic E-state index is 12.8. The van der Waals surface area contributed by atoms with Crippen molar-refractivity contribution < 1.29 is 35.3 Å². The van der Waals surface area contributed by atoms with Crippen molar-refractivity contribution in [3.63, 3.8) is 0 Å². The van der Waals surface area contributed by atoms with Crippen molar-refractivity contribution in [2.24, 2.45) is 0 Å². The van der Waals surface area contributed by atoms with Crippen molar-refractivity contribution in [3.8, 4) is 17.8 Å². The zero-order chi connectivity index (χ0) is 30.4. The normalized spacial score (nSPS) is 12.0. The van der Waals surface area contributed by atoms with E-state index < -0.39 is 45.7 Å². The molecule has 40 heavy (non-hydrogen) atoms. The van der Waals surface area contributed by atoms with Gasteiger partial charge in [0, 0.05) is 18.1 Å². The van der Waals surface area contributed by atoms with E-state index in [1.165, 1.54) is 0 Å². The van der Waals surface area contributed by atoms with E-state index in [0.29, 0.717) is 11.8 Å². The van der Waals surface area contributed by atoms with Gasteiger partial charge in [-0.05, 0) is 25.1 Å². The molecule has 1 aromatic carbocycles. The Labute approximate surface area is 235 Å². The lowest BCUT2D eigenvalue weighted by Crippen LogP contribution is -2.26. The van der Waals surface area contributed by atoms with Crippen LogP contribution in [-0.4, -0.2) is 37.2 Å². The van der Waals surface area contributed by atoms with Gasteiger partial charge in [0.15, 0.2) is 5.69 Å².